The number of nitrogens with zero attached hydrogens (tertiary/aromatic N) is 1. The minimum atomic E-state index is 0.449. The molecule has 16 heavy (non-hydrogen) atoms. The summed E-state index contributed by atoms with van der Waals surface area (Å²) in [4.78, 5) is 4.55. The first-order chi connectivity index (χ1) is 7.86. The van der Waals surface area contributed by atoms with E-state index in [9.17, 15) is 0 Å². The Bertz CT molecular complexity index is 440. The van der Waals surface area contributed by atoms with Crippen molar-refractivity contribution in [3.05, 3.63) is 34.3 Å². The van der Waals surface area contributed by atoms with Crippen molar-refractivity contribution in [1.29, 1.82) is 0 Å². The zero-order chi connectivity index (χ0) is 11.0. The maximum atomic E-state index is 6.25. The fraction of sp³-hybridized carbons (Fsp3) is 0.462. The van der Waals surface area contributed by atoms with Crippen molar-refractivity contribution in [2.45, 2.75) is 25.2 Å². The lowest BCUT2D eigenvalue weighted by Gasteiger charge is -2.26. The first-order valence-electron chi connectivity index (χ1n) is 5.92. The minimum absolute atomic E-state index is 0.449. The van der Waals surface area contributed by atoms with Crippen molar-refractivity contribution in [1.82, 2.24) is 5.32 Å². The molecule has 84 valence electrons. The van der Waals surface area contributed by atoms with Crippen molar-refractivity contribution in [2.75, 3.05) is 13.1 Å². The summed E-state index contributed by atoms with van der Waals surface area (Å²) in [6.07, 6.45) is 3.51. The van der Waals surface area contributed by atoms with Crippen LogP contribution in [0.15, 0.2) is 23.2 Å². The molecule has 0 saturated carbocycles. The van der Waals surface area contributed by atoms with Gasteiger partial charge in [0.2, 0.25) is 0 Å². The van der Waals surface area contributed by atoms with Gasteiger partial charge in [-0.05, 0) is 36.5 Å². The molecule has 2 nitrogen and oxygen atoms in total. The molecule has 0 amide bonds. The van der Waals surface area contributed by atoms with E-state index in [0.717, 1.165) is 24.5 Å². The summed E-state index contributed by atoms with van der Waals surface area (Å²) >= 11 is 6.25. The zero-order valence-corrected chi connectivity index (χ0v) is 9.93. The molecular formula is C13H15ClN2. The highest BCUT2D eigenvalue weighted by Crippen LogP contribution is 2.36. The molecule has 1 N–H and O–H groups in total. The standard InChI is InChI=1S/C13H15ClN2/c14-12-6-2-3-9-10(12)4-1-5-11(9)13-15-7-8-16-13/h2-3,6,11H,1,4-5,7-8H2,(H,15,16). The number of fused-ring (bicyclic) bond motifs is 1. The molecule has 0 bridgehead atoms. The van der Waals surface area contributed by atoms with Gasteiger partial charge in [0.1, 0.15) is 5.84 Å². The minimum Gasteiger partial charge on any atom is -0.371 e. The van der Waals surface area contributed by atoms with Gasteiger partial charge in [0.15, 0.2) is 0 Å². The van der Waals surface area contributed by atoms with E-state index in [4.69, 9.17) is 11.6 Å². The molecule has 0 spiro atoms. The molecule has 0 aromatic heterocycles. The van der Waals surface area contributed by atoms with E-state index in [0.29, 0.717) is 5.92 Å². The van der Waals surface area contributed by atoms with Crippen molar-refractivity contribution in [3.63, 3.8) is 0 Å². The van der Waals surface area contributed by atoms with Crippen LogP contribution >= 0.6 is 11.6 Å². The molecule has 1 heterocycles. The van der Waals surface area contributed by atoms with E-state index in [-0.39, 0.29) is 0 Å². The molecule has 0 saturated heterocycles. The smallest absolute Gasteiger partial charge is 0.104 e. The van der Waals surface area contributed by atoms with E-state index in [1.165, 1.54) is 29.8 Å². The lowest BCUT2D eigenvalue weighted by Crippen LogP contribution is -2.28. The molecular weight excluding hydrogens is 220 g/mol. The van der Waals surface area contributed by atoms with Gasteiger partial charge in [-0.1, -0.05) is 23.7 Å². The van der Waals surface area contributed by atoms with Gasteiger partial charge < -0.3 is 5.32 Å². The lowest BCUT2D eigenvalue weighted by molar-refractivity contribution is 0.641. The van der Waals surface area contributed by atoms with E-state index in [1.54, 1.807) is 0 Å². The molecule has 1 aromatic rings. The maximum absolute atomic E-state index is 6.25. The van der Waals surface area contributed by atoms with Crippen LogP contribution in [0.4, 0.5) is 0 Å². The normalized spacial score (nSPS) is 23.6. The third-order valence-corrected chi connectivity index (χ3v) is 3.83. The van der Waals surface area contributed by atoms with E-state index in [2.05, 4.69) is 22.4 Å². The molecule has 1 aliphatic carbocycles. The number of hydrogen-bond donors (Lipinski definition) is 1. The molecule has 1 atom stereocenters. The SMILES string of the molecule is Clc1cccc2c1CCCC2C1=NCCN1. The quantitative estimate of drug-likeness (QED) is 0.794. The average molecular weight is 235 g/mol. The summed E-state index contributed by atoms with van der Waals surface area (Å²) in [7, 11) is 0. The van der Waals surface area contributed by atoms with Gasteiger partial charge in [-0.2, -0.15) is 0 Å². The van der Waals surface area contributed by atoms with E-state index >= 15 is 0 Å². The lowest BCUT2D eigenvalue weighted by atomic mass is 9.82. The summed E-state index contributed by atoms with van der Waals surface area (Å²) in [5.74, 6) is 1.62. The summed E-state index contributed by atoms with van der Waals surface area (Å²) < 4.78 is 0. The van der Waals surface area contributed by atoms with Crippen LogP contribution in [0.2, 0.25) is 5.02 Å². The summed E-state index contributed by atoms with van der Waals surface area (Å²) in [5.41, 5.74) is 2.71. The number of benzene rings is 1. The van der Waals surface area contributed by atoms with E-state index in [1.807, 2.05) is 6.07 Å². The van der Waals surface area contributed by atoms with Crippen LogP contribution in [0.1, 0.15) is 29.9 Å². The summed E-state index contributed by atoms with van der Waals surface area (Å²) in [6, 6.07) is 6.25. The molecule has 1 unspecified atom stereocenters. The van der Waals surface area contributed by atoms with E-state index < -0.39 is 0 Å². The van der Waals surface area contributed by atoms with Crippen LogP contribution in [-0.2, 0) is 6.42 Å². The second kappa shape index (κ2) is 4.10. The Balaban J connectivity index is 2.02. The fourth-order valence-electron chi connectivity index (χ4n) is 2.74. The van der Waals surface area contributed by atoms with Crippen molar-refractivity contribution < 1.29 is 0 Å². The Morgan fingerprint density at radius 1 is 1.38 bits per heavy atom. The number of aliphatic imine (C=N–C) groups is 1. The molecule has 1 aliphatic heterocycles. The predicted molar refractivity (Wildman–Crippen MR) is 67.4 cm³/mol. The number of halogens is 1. The maximum Gasteiger partial charge on any atom is 0.104 e. The Hall–Kier alpha value is -1.02. The van der Waals surface area contributed by atoms with Gasteiger partial charge in [-0.3, -0.25) is 4.99 Å². The van der Waals surface area contributed by atoms with Gasteiger partial charge in [0.05, 0.1) is 6.54 Å². The van der Waals surface area contributed by atoms with Crippen molar-refractivity contribution in [3.8, 4) is 0 Å². The molecule has 1 aromatic carbocycles. The first-order valence-corrected chi connectivity index (χ1v) is 6.29. The van der Waals surface area contributed by atoms with Crippen LogP contribution in [0, 0.1) is 0 Å². The third kappa shape index (κ3) is 1.61. The highest BCUT2D eigenvalue weighted by atomic mass is 35.5. The van der Waals surface area contributed by atoms with Crippen LogP contribution in [0.3, 0.4) is 0 Å². The van der Waals surface area contributed by atoms with Gasteiger partial charge in [-0.15, -0.1) is 0 Å². The topological polar surface area (TPSA) is 24.4 Å². The van der Waals surface area contributed by atoms with Gasteiger partial charge in [-0.25, -0.2) is 0 Å². The molecule has 2 aliphatic rings. The average Bonchev–Trinajstić information content (AvgIpc) is 2.82. The van der Waals surface area contributed by atoms with Gasteiger partial charge >= 0.3 is 0 Å². The number of amidine groups is 1. The Morgan fingerprint density at radius 2 is 2.31 bits per heavy atom. The zero-order valence-electron chi connectivity index (χ0n) is 9.17. The Labute approximate surface area is 101 Å². The predicted octanol–water partition coefficient (Wildman–Crippen LogP) is 2.76. The first kappa shape index (κ1) is 10.2. The number of nitrogens with one attached hydrogen (secondary N) is 1. The largest absolute Gasteiger partial charge is 0.371 e. The molecule has 3 rings (SSSR count). The van der Waals surface area contributed by atoms with Crippen LogP contribution in [0.5, 0.6) is 0 Å². The molecule has 0 radical (unpaired) electrons. The highest BCUT2D eigenvalue weighted by molar-refractivity contribution is 6.31. The number of rotatable bonds is 1. The second-order valence-electron chi connectivity index (χ2n) is 4.45. The van der Waals surface area contributed by atoms with Crippen LogP contribution < -0.4 is 5.32 Å². The second-order valence-corrected chi connectivity index (χ2v) is 4.85. The van der Waals surface area contributed by atoms with Crippen molar-refractivity contribution >= 4 is 17.4 Å². The fourth-order valence-corrected chi connectivity index (χ4v) is 3.01. The highest BCUT2D eigenvalue weighted by Gasteiger charge is 2.26. The third-order valence-electron chi connectivity index (χ3n) is 3.48. The Kier molecular flexibility index (Phi) is 2.60. The van der Waals surface area contributed by atoms with Crippen LogP contribution in [0.25, 0.3) is 0 Å². The van der Waals surface area contributed by atoms with Crippen molar-refractivity contribution in [2.24, 2.45) is 4.99 Å². The summed E-state index contributed by atoms with van der Waals surface area (Å²) in [6.45, 7) is 1.91. The van der Waals surface area contributed by atoms with Crippen LogP contribution in [-0.4, -0.2) is 18.9 Å². The number of hydrogen-bond acceptors (Lipinski definition) is 2. The monoisotopic (exact) mass is 234 g/mol. The summed E-state index contributed by atoms with van der Waals surface area (Å²) in [5, 5.41) is 4.31. The van der Waals surface area contributed by atoms with Gasteiger partial charge in [0.25, 0.3) is 0 Å². The molecule has 3 heteroatoms. The van der Waals surface area contributed by atoms with Gasteiger partial charge in [0, 0.05) is 17.5 Å². The Morgan fingerprint density at radius 3 is 3.12 bits per heavy atom. The molecule has 0 fully saturated rings.